The standard InChI is InChI=1S/C14H31N3/c1-14(2,12-16(3)4)11-15-10-13-6-8-17(5)9-7-13/h13,15H,6-12H2,1-5H3. The Morgan fingerprint density at radius 1 is 1.24 bits per heavy atom. The average molecular weight is 241 g/mol. The van der Waals surface area contributed by atoms with Crippen molar-refractivity contribution in [1.29, 1.82) is 0 Å². The molecule has 1 rings (SSSR count). The fourth-order valence-corrected chi connectivity index (χ4v) is 2.79. The van der Waals surface area contributed by atoms with Crippen molar-refractivity contribution in [3.63, 3.8) is 0 Å². The topological polar surface area (TPSA) is 18.5 Å². The average Bonchev–Trinajstić information content (AvgIpc) is 2.18. The van der Waals surface area contributed by atoms with E-state index in [1.807, 2.05) is 0 Å². The quantitative estimate of drug-likeness (QED) is 0.760. The van der Waals surface area contributed by atoms with Gasteiger partial charge in [-0.3, -0.25) is 0 Å². The van der Waals surface area contributed by atoms with Crippen LogP contribution in [0.15, 0.2) is 0 Å². The number of likely N-dealkylation sites (tertiary alicyclic amines) is 1. The molecule has 3 heteroatoms. The number of hydrogen-bond donors (Lipinski definition) is 1. The summed E-state index contributed by atoms with van der Waals surface area (Å²) in [4.78, 5) is 4.71. The Morgan fingerprint density at radius 3 is 2.35 bits per heavy atom. The summed E-state index contributed by atoms with van der Waals surface area (Å²) in [5.74, 6) is 0.890. The van der Waals surface area contributed by atoms with Crippen LogP contribution in [0.25, 0.3) is 0 Å². The summed E-state index contributed by atoms with van der Waals surface area (Å²) in [6.45, 7) is 10.7. The highest BCUT2D eigenvalue weighted by Gasteiger charge is 2.20. The zero-order chi connectivity index (χ0) is 12.9. The third-order valence-corrected chi connectivity index (χ3v) is 3.62. The Morgan fingerprint density at radius 2 is 1.82 bits per heavy atom. The van der Waals surface area contributed by atoms with Gasteiger partial charge in [0.25, 0.3) is 0 Å². The van der Waals surface area contributed by atoms with Crippen LogP contribution in [0.3, 0.4) is 0 Å². The van der Waals surface area contributed by atoms with Gasteiger partial charge in [0.05, 0.1) is 0 Å². The van der Waals surface area contributed by atoms with Crippen molar-refractivity contribution in [1.82, 2.24) is 15.1 Å². The van der Waals surface area contributed by atoms with Gasteiger partial charge in [0.2, 0.25) is 0 Å². The second kappa shape index (κ2) is 6.72. The molecular formula is C14H31N3. The molecule has 0 aromatic rings. The highest BCUT2D eigenvalue weighted by atomic mass is 15.1. The minimum absolute atomic E-state index is 0.370. The molecule has 0 bridgehead atoms. The van der Waals surface area contributed by atoms with Crippen LogP contribution in [-0.4, -0.2) is 63.7 Å². The van der Waals surface area contributed by atoms with Crippen molar-refractivity contribution < 1.29 is 0 Å². The van der Waals surface area contributed by atoms with Gasteiger partial charge in [0.15, 0.2) is 0 Å². The third-order valence-electron chi connectivity index (χ3n) is 3.62. The molecule has 1 aliphatic rings. The lowest BCUT2D eigenvalue weighted by molar-refractivity contribution is 0.199. The summed E-state index contributed by atoms with van der Waals surface area (Å²) in [6.07, 6.45) is 2.72. The maximum absolute atomic E-state index is 3.67. The van der Waals surface area contributed by atoms with Gasteiger partial charge in [-0.25, -0.2) is 0 Å². The molecule has 1 fully saturated rings. The first-order valence-corrected chi connectivity index (χ1v) is 6.93. The molecule has 1 heterocycles. The second-order valence-electron chi connectivity index (χ2n) is 6.78. The minimum Gasteiger partial charge on any atom is -0.316 e. The molecule has 0 amide bonds. The van der Waals surface area contributed by atoms with Crippen LogP contribution in [0.4, 0.5) is 0 Å². The molecule has 1 saturated heterocycles. The van der Waals surface area contributed by atoms with Crippen molar-refractivity contribution in [2.24, 2.45) is 11.3 Å². The molecule has 0 atom stereocenters. The molecule has 0 unspecified atom stereocenters. The van der Waals surface area contributed by atoms with Crippen LogP contribution in [-0.2, 0) is 0 Å². The molecular weight excluding hydrogens is 210 g/mol. The fraction of sp³-hybridized carbons (Fsp3) is 1.00. The Bertz CT molecular complexity index is 206. The smallest absolute Gasteiger partial charge is 0.00387 e. The molecule has 3 nitrogen and oxygen atoms in total. The van der Waals surface area contributed by atoms with Crippen LogP contribution in [0.5, 0.6) is 0 Å². The van der Waals surface area contributed by atoms with E-state index in [2.05, 4.69) is 50.1 Å². The first kappa shape index (κ1) is 14.9. The molecule has 0 aromatic carbocycles. The highest BCUT2D eigenvalue weighted by molar-refractivity contribution is 4.77. The van der Waals surface area contributed by atoms with Crippen molar-refractivity contribution in [3.05, 3.63) is 0 Å². The summed E-state index contributed by atoms with van der Waals surface area (Å²) in [6, 6.07) is 0. The van der Waals surface area contributed by atoms with Crippen LogP contribution in [0.2, 0.25) is 0 Å². The van der Waals surface area contributed by atoms with Crippen LogP contribution in [0, 0.1) is 11.3 Å². The molecule has 1 aliphatic heterocycles. The third kappa shape index (κ3) is 6.39. The van der Waals surface area contributed by atoms with E-state index in [0.29, 0.717) is 5.41 Å². The summed E-state index contributed by atoms with van der Waals surface area (Å²) in [7, 11) is 6.53. The van der Waals surface area contributed by atoms with Crippen molar-refractivity contribution in [2.75, 3.05) is 53.9 Å². The number of rotatable bonds is 6. The Hall–Kier alpha value is -0.120. The van der Waals surface area contributed by atoms with Crippen LogP contribution < -0.4 is 5.32 Å². The van der Waals surface area contributed by atoms with E-state index >= 15 is 0 Å². The van der Waals surface area contributed by atoms with E-state index in [1.54, 1.807) is 0 Å². The zero-order valence-corrected chi connectivity index (χ0v) is 12.4. The minimum atomic E-state index is 0.370. The van der Waals surface area contributed by atoms with Gasteiger partial charge >= 0.3 is 0 Å². The molecule has 17 heavy (non-hydrogen) atoms. The van der Waals surface area contributed by atoms with Gasteiger partial charge < -0.3 is 15.1 Å². The molecule has 0 spiro atoms. The second-order valence-corrected chi connectivity index (χ2v) is 6.78. The van der Waals surface area contributed by atoms with E-state index in [9.17, 15) is 0 Å². The fourth-order valence-electron chi connectivity index (χ4n) is 2.79. The Balaban J connectivity index is 2.14. The summed E-state index contributed by atoms with van der Waals surface area (Å²) in [5.41, 5.74) is 0.370. The number of hydrogen-bond acceptors (Lipinski definition) is 3. The highest BCUT2D eigenvalue weighted by Crippen LogP contribution is 2.17. The SMILES string of the molecule is CN(C)CC(C)(C)CNCC1CCN(C)CC1. The predicted octanol–water partition coefficient (Wildman–Crippen LogP) is 1.51. The molecule has 102 valence electrons. The Labute approximate surface area is 108 Å². The normalized spacial score (nSPS) is 20.1. The monoisotopic (exact) mass is 241 g/mol. The molecule has 0 aromatic heterocycles. The number of nitrogens with zero attached hydrogens (tertiary/aromatic N) is 2. The van der Waals surface area contributed by atoms with Crippen LogP contribution >= 0.6 is 0 Å². The van der Waals surface area contributed by atoms with Crippen molar-refractivity contribution in [2.45, 2.75) is 26.7 Å². The van der Waals surface area contributed by atoms with Gasteiger partial charge in [-0.2, -0.15) is 0 Å². The van der Waals surface area contributed by atoms with E-state index in [4.69, 9.17) is 0 Å². The predicted molar refractivity (Wildman–Crippen MR) is 75.4 cm³/mol. The van der Waals surface area contributed by atoms with E-state index in [1.165, 1.54) is 32.5 Å². The lowest BCUT2D eigenvalue weighted by Crippen LogP contribution is -2.41. The molecule has 0 radical (unpaired) electrons. The Kier molecular flexibility index (Phi) is 5.90. The summed E-state index contributed by atoms with van der Waals surface area (Å²) >= 11 is 0. The van der Waals surface area contributed by atoms with Crippen molar-refractivity contribution in [3.8, 4) is 0 Å². The number of piperidine rings is 1. The molecule has 0 aliphatic carbocycles. The summed E-state index contributed by atoms with van der Waals surface area (Å²) < 4.78 is 0. The first-order chi connectivity index (χ1) is 7.89. The van der Waals surface area contributed by atoms with Gasteiger partial charge in [0, 0.05) is 13.1 Å². The molecule has 1 N–H and O–H groups in total. The van der Waals surface area contributed by atoms with E-state index < -0.39 is 0 Å². The largest absolute Gasteiger partial charge is 0.316 e. The van der Waals surface area contributed by atoms with E-state index in [-0.39, 0.29) is 0 Å². The summed E-state index contributed by atoms with van der Waals surface area (Å²) in [5, 5.41) is 3.67. The van der Waals surface area contributed by atoms with Gasteiger partial charge in [0.1, 0.15) is 0 Å². The lowest BCUT2D eigenvalue weighted by Gasteiger charge is -2.32. The van der Waals surface area contributed by atoms with Gasteiger partial charge in [-0.05, 0) is 65.0 Å². The van der Waals surface area contributed by atoms with E-state index in [0.717, 1.165) is 19.0 Å². The first-order valence-electron chi connectivity index (χ1n) is 6.93. The maximum atomic E-state index is 3.67. The lowest BCUT2D eigenvalue weighted by atomic mass is 9.92. The van der Waals surface area contributed by atoms with Crippen molar-refractivity contribution >= 4 is 0 Å². The maximum Gasteiger partial charge on any atom is 0.00387 e. The molecule has 0 saturated carbocycles. The van der Waals surface area contributed by atoms with Gasteiger partial charge in [-0.15, -0.1) is 0 Å². The van der Waals surface area contributed by atoms with Crippen LogP contribution in [0.1, 0.15) is 26.7 Å². The number of nitrogens with one attached hydrogen (secondary N) is 1. The van der Waals surface area contributed by atoms with Gasteiger partial charge in [-0.1, -0.05) is 13.8 Å². The zero-order valence-electron chi connectivity index (χ0n) is 12.4.